The molecule has 22 heavy (non-hydrogen) atoms. The summed E-state index contributed by atoms with van der Waals surface area (Å²) in [4.78, 5) is 4.63. The molecule has 3 aromatic rings. The lowest BCUT2D eigenvalue weighted by atomic mass is 10.1. The van der Waals surface area contributed by atoms with Crippen LogP contribution in [0.25, 0.3) is 22.3 Å². The van der Waals surface area contributed by atoms with E-state index in [2.05, 4.69) is 10.1 Å². The number of hydrogen-bond acceptors (Lipinski definition) is 4. The van der Waals surface area contributed by atoms with Gasteiger partial charge in [-0.1, -0.05) is 11.6 Å². The van der Waals surface area contributed by atoms with Crippen molar-refractivity contribution in [3.63, 3.8) is 0 Å². The van der Waals surface area contributed by atoms with Crippen molar-refractivity contribution >= 4 is 22.6 Å². The largest absolute Gasteiger partial charge is 0.493 e. The number of aromatic nitrogens is 3. The molecule has 0 N–H and O–H groups in total. The molecule has 2 heterocycles. The van der Waals surface area contributed by atoms with E-state index in [1.54, 1.807) is 25.0 Å². The first kappa shape index (κ1) is 14.7. The SMILES string of the molecule is COc1cc(Cl)cc(-c2cc(C)c3cn(C)nc3n2)c1OC. The number of nitrogens with zero attached hydrogens (tertiary/aromatic N) is 3. The molecule has 0 fully saturated rings. The average Bonchev–Trinajstić information content (AvgIpc) is 2.87. The molecule has 3 rings (SSSR count). The topological polar surface area (TPSA) is 49.2 Å². The summed E-state index contributed by atoms with van der Waals surface area (Å²) in [5, 5.41) is 5.97. The fraction of sp³-hybridized carbons (Fsp3) is 0.250. The van der Waals surface area contributed by atoms with Gasteiger partial charge in [-0.2, -0.15) is 5.10 Å². The van der Waals surface area contributed by atoms with Crippen LogP contribution in [0.15, 0.2) is 24.4 Å². The van der Waals surface area contributed by atoms with E-state index in [1.807, 2.05) is 32.3 Å². The van der Waals surface area contributed by atoms with E-state index in [4.69, 9.17) is 21.1 Å². The standard InChI is InChI=1S/C16H16ClN3O2/c1-9-5-13(18-16-12(9)8-20(2)19-16)11-6-10(17)7-14(21-3)15(11)22-4/h5-8H,1-4H3. The number of ether oxygens (including phenoxy) is 2. The third kappa shape index (κ3) is 2.37. The van der Waals surface area contributed by atoms with Gasteiger partial charge in [-0.3, -0.25) is 4.68 Å². The van der Waals surface area contributed by atoms with Gasteiger partial charge in [0, 0.05) is 35.3 Å². The third-order valence-corrected chi connectivity index (χ3v) is 3.75. The molecular weight excluding hydrogens is 302 g/mol. The smallest absolute Gasteiger partial charge is 0.181 e. The number of aryl methyl sites for hydroxylation is 2. The van der Waals surface area contributed by atoms with E-state index < -0.39 is 0 Å². The molecule has 0 amide bonds. The number of fused-ring (bicyclic) bond motifs is 1. The summed E-state index contributed by atoms with van der Waals surface area (Å²) in [5.41, 5.74) is 3.32. The van der Waals surface area contributed by atoms with Gasteiger partial charge >= 0.3 is 0 Å². The molecule has 2 aromatic heterocycles. The molecule has 0 aliphatic heterocycles. The van der Waals surface area contributed by atoms with Crippen LogP contribution in [-0.2, 0) is 7.05 Å². The maximum absolute atomic E-state index is 6.19. The lowest BCUT2D eigenvalue weighted by Crippen LogP contribution is -1.96. The Balaban J connectivity index is 2.29. The molecular formula is C16H16ClN3O2. The van der Waals surface area contributed by atoms with Crippen molar-refractivity contribution in [1.82, 2.24) is 14.8 Å². The molecule has 0 aliphatic rings. The van der Waals surface area contributed by atoms with Crippen LogP contribution in [0.4, 0.5) is 0 Å². The molecule has 0 unspecified atom stereocenters. The number of benzene rings is 1. The molecule has 0 spiro atoms. The lowest BCUT2D eigenvalue weighted by Gasteiger charge is -2.13. The highest BCUT2D eigenvalue weighted by molar-refractivity contribution is 6.31. The second-order valence-electron chi connectivity index (χ2n) is 5.05. The number of pyridine rings is 1. The van der Waals surface area contributed by atoms with Crippen LogP contribution in [0.1, 0.15) is 5.56 Å². The Morgan fingerprint density at radius 3 is 2.59 bits per heavy atom. The van der Waals surface area contributed by atoms with Gasteiger partial charge in [-0.05, 0) is 24.6 Å². The molecule has 0 aliphatic carbocycles. The summed E-state index contributed by atoms with van der Waals surface area (Å²) in [6, 6.07) is 5.53. The Morgan fingerprint density at radius 2 is 1.91 bits per heavy atom. The zero-order chi connectivity index (χ0) is 15.9. The van der Waals surface area contributed by atoms with Crippen molar-refractivity contribution in [2.24, 2.45) is 7.05 Å². The molecule has 6 heteroatoms. The van der Waals surface area contributed by atoms with Crippen molar-refractivity contribution in [3.8, 4) is 22.8 Å². The minimum absolute atomic E-state index is 0.563. The molecule has 0 saturated carbocycles. The van der Waals surface area contributed by atoms with Gasteiger partial charge in [0.2, 0.25) is 0 Å². The summed E-state index contributed by atoms with van der Waals surface area (Å²) in [6.07, 6.45) is 1.96. The second kappa shape index (κ2) is 5.50. The quantitative estimate of drug-likeness (QED) is 0.740. The minimum atomic E-state index is 0.563. The van der Waals surface area contributed by atoms with Crippen molar-refractivity contribution in [3.05, 3.63) is 35.0 Å². The van der Waals surface area contributed by atoms with Gasteiger partial charge in [-0.15, -0.1) is 0 Å². The normalized spacial score (nSPS) is 11.0. The van der Waals surface area contributed by atoms with E-state index in [1.165, 1.54) is 0 Å². The molecule has 5 nitrogen and oxygen atoms in total. The van der Waals surface area contributed by atoms with Crippen molar-refractivity contribution in [2.45, 2.75) is 6.92 Å². The summed E-state index contributed by atoms with van der Waals surface area (Å²) >= 11 is 6.19. The Morgan fingerprint density at radius 1 is 1.14 bits per heavy atom. The van der Waals surface area contributed by atoms with E-state index >= 15 is 0 Å². The fourth-order valence-electron chi connectivity index (χ4n) is 2.53. The summed E-state index contributed by atoms with van der Waals surface area (Å²) < 4.78 is 12.6. The highest BCUT2D eigenvalue weighted by Crippen LogP contribution is 2.40. The van der Waals surface area contributed by atoms with Gasteiger partial charge in [0.25, 0.3) is 0 Å². The van der Waals surface area contributed by atoms with E-state index in [9.17, 15) is 0 Å². The van der Waals surface area contributed by atoms with Gasteiger partial charge in [0.15, 0.2) is 17.1 Å². The van der Waals surface area contributed by atoms with Crippen molar-refractivity contribution < 1.29 is 9.47 Å². The first-order valence-electron chi connectivity index (χ1n) is 6.76. The van der Waals surface area contributed by atoms with Crippen molar-refractivity contribution in [2.75, 3.05) is 14.2 Å². The predicted molar refractivity (Wildman–Crippen MR) is 86.8 cm³/mol. The maximum Gasteiger partial charge on any atom is 0.181 e. The Kier molecular flexibility index (Phi) is 3.66. The van der Waals surface area contributed by atoms with E-state index in [0.29, 0.717) is 22.2 Å². The van der Waals surface area contributed by atoms with Gasteiger partial charge in [-0.25, -0.2) is 4.98 Å². The molecule has 0 bridgehead atoms. The van der Waals surface area contributed by atoms with Crippen LogP contribution in [0.2, 0.25) is 5.02 Å². The average molecular weight is 318 g/mol. The lowest BCUT2D eigenvalue weighted by molar-refractivity contribution is 0.356. The van der Waals surface area contributed by atoms with E-state index in [-0.39, 0.29) is 0 Å². The first-order chi connectivity index (χ1) is 10.5. The number of rotatable bonds is 3. The zero-order valence-electron chi connectivity index (χ0n) is 12.8. The Bertz CT molecular complexity index is 858. The van der Waals surface area contributed by atoms with Gasteiger partial charge in [0.1, 0.15) is 0 Å². The van der Waals surface area contributed by atoms with Gasteiger partial charge < -0.3 is 9.47 Å². The molecule has 0 atom stereocenters. The third-order valence-electron chi connectivity index (χ3n) is 3.53. The summed E-state index contributed by atoms with van der Waals surface area (Å²) in [6.45, 7) is 2.03. The Labute approximate surface area is 133 Å². The van der Waals surface area contributed by atoms with Crippen LogP contribution in [0.5, 0.6) is 11.5 Å². The molecule has 0 saturated heterocycles. The highest BCUT2D eigenvalue weighted by Gasteiger charge is 2.16. The number of hydrogen-bond donors (Lipinski definition) is 0. The summed E-state index contributed by atoms with van der Waals surface area (Å²) in [5.74, 6) is 1.18. The van der Waals surface area contributed by atoms with Crippen LogP contribution in [0, 0.1) is 6.92 Å². The van der Waals surface area contributed by atoms with E-state index in [0.717, 1.165) is 22.2 Å². The second-order valence-corrected chi connectivity index (χ2v) is 5.49. The fourth-order valence-corrected chi connectivity index (χ4v) is 2.73. The number of methoxy groups -OCH3 is 2. The molecule has 114 valence electrons. The van der Waals surface area contributed by atoms with Crippen LogP contribution in [-0.4, -0.2) is 29.0 Å². The highest BCUT2D eigenvalue weighted by atomic mass is 35.5. The maximum atomic E-state index is 6.19. The molecule has 0 radical (unpaired) electrons. The minimum Gasteiger partial charge on any atom is -0.493 e. The summed E-state index contributed by atoms with van der Waals surface area (Å²) in [7, 11) is 5.06. The van der Waals surface area contributed by atoms with Crippen LogP contribution < -0.4 is 9.47 Å². The zero-order valence-corrected chi connectivity index (χ0v) is 13.6. The van der Waals surface area contributed by atoms with Crippen LogP contribution >= 0.6 is 11.6 Å². The predicted octanol–water partition coefficient (Wildman–Crippen LogP) is 3.61. The number of halogens is 1. The Hall–Kier alpha value is -2.27. The van der Waals surface area contributed by atoms with Gasteiger partial charge in [0.05, 0.1) is 19.9 Å². The monoisotopic (exact) mass is 317 g/mol. The van der Waals surface area contributed by atoms with Crippen LogP contribution in [0.3, 0.4) is 0 Å². The molecule has 1 aromatic carbocycles. The first-order valence-corrected chi connectivity index (χ1v) is 7.14. The van der Waals surface area contributed by atoms with Crippen molar-refractivity contribution in [1.29, 1.82) is 0 Å².